The van der Waals surface area contributed by atoms with Crippen LogP contribution in [0.15, 0.2) is 35.1 Å². The largest absolute Gasteiger partial charge is 0.497 e. The number of nitrogens with zero attached hydrogens (tertiary/aromatic N) is 3. The first-order valence-corrected chi connectivity index (χ1v) is 10.1. The Bertz CT molecular complexity index is 928. The molecule has 7 heteroatoms. The molecule has 1 N–H and O–H groups in total. The van der Waals surface area contributed by atoms with Gasteiger partial charge in [0.25, 0.3) is 5.56 Å². The van der Waals surface area contributed by atoms with Gasteiger partial charge in [-0.25, -0.2) is 4.68 Å². The maximum Gasteiger partial charge on any atom is 0.266 e. The van der Waals surface area contributed by atoms with Gasteiger partial charge in [0.1, 0.15) is 11.5 Å². The minimum atomic E-state index is -0.911. The third kappa shape index (κ3) is 4.02. The summed E-state index contributed by atoms with van der Waals surface area (Å²) in [7, 11) is 3.35. The molecule has 2 bridgehead atoms. The normalized spacial score (nSPS) is 26.5. The number of fused-ring (bicyclic) bond motifs is 2. The summed E-state index contributed by atoms with van der Waals surface area (Å²) in [5.74, 6) is 1.66. The molecule has 2 fully saturated rings. The second-order valence-corrected chi connectivity index (χ2v) is 8.34. The van der Waals surface area contributed by atoms with Crippen LogP contribution in [0.1, 0.15) is 36.9 Å². The molecule has 0 saturated carbocycles. The highest BCUT2D eigenvalue weighted by atomic mass is 16.5. The quantitative estimate of drug-likeness (QED) is 0.802. The topological polar surface area (TPSA) is 76.8 Å². The number of ether oxygens (including phenoxy) is 2. The number of hydrogen-bond acceptors (Lipinski definition) is 6. The van der Waals surface area contributed by atoms with Gasteiger partial charge in [0.2, 0.25) is 0 Å². The smallest absolute Gasteiger partial charge is 0.266 e. The van der Waals surface area contributed by atoms with Crippen molar-refractivity contribution in [2.45, 2.75) is 63.4 Å². The van der Waals surface area contributed by atoms with E-state index in [1.165, 1.54) is 10.7 Å². The van der Waals surface area contributed by atoms with Crippen molar-refractivity contribution in [2.24, 2.45) is 0 Å². The molecule has 0 aliphatic carbocycles. The summed E-state index contributed by atoms with van der Waals surface area (Å²) in [6.45, 7) is 2.86. The second kappa shape index (κ2) is 7.80. The molecule has 2 unspecified atom stereocenters. The number of hydrogen-bond donors (Lipinski definition) is 1. The molecule has 0 radical (unpaired) electrons. The van der Waals surface area contributed by atoms with Crippen molar-refractivity contribution in [3.05, 3.63) is 51.9 Å². The molecule has 1 aromatic carbocycles. The molecular formula is C22H29N3O4. The Labute approximate surface area is 170 Å². The van der Waals surface area contributed by atoms with Gasteiger partial charge in [-0.2, -0.15) is 5.10 Å². The first-order chi connectivity index (χ1) is 13.9. The Morgan fingerprint density at radius 1 is 1.14 bits per heavy atom. The molecule has 0 amide bonds. The average Bonchev–Trinajstić information content (AvgIpc) is 2.94. The predicted octanol–water partition coefficient (Wildman–Crippen LogP) is 2.13. The summed E-state index contributed by atoms with van der Waals surface area (Å²) in [6.07, 6.45) is 3.38. The van der Waals surface area contributed by atoms with Gasteiger partial charge in [0.15, 0.2) is 0 Å². The zero-order valence-electron chi connectivity index (χ0n) is 17.3. The standard InChI is InChI=1S/C22H29N3O4/c1-15-4-9-21(26)25(23-15)14-22(27)11-17-5-6-18(12-22)24(17)13-16-10-19(28-2)7-8-20(16)29-3/h4,7-10,17-18,27H,5-6,11-14H2,1-3H3. The van der Waals surface area contributed by atoms with Gasteiger partial charge in [-0.05, 0) is 56.9 Å². The number of benzene rings is 1. The van der Waals surface area contributed by atoms with Crippen molar-refractivity contribution < 1.29 is 14.6 Å². The number of aromatic nitrogens is 2. The SMILES string of the molecule is COc1ccc(OC)c(CN2C3CCC2CC(O)(Cn2nc(C)ccc2=O)C3)c1. The maximum atomic E-state index is 12.2. The summed E-state index contributed by atoms with van der Waals surface area (Å²) in [5.41, 5.74) is 0.787. The van der Waals surface area contributed by atoms with E-state index in [0.717, 1.165) is 42.1 Å². The number of aryl methyl sites for hydroxylation is 1. The Morgan fingerprint density at radius 3 is 2.52 bits per heavy atom. The Balaban J connectivity index is 1.52. The van der Waals surface area contributed by atoms with Crippen LogP contribution in [0.3, 0.4) is 0 Å². The van der Waals surface area contributed by atoms with Crippen molar-refractivity contribution in [3.63, 3.8) is 0 Å². The molecule has 1 aromatic heterocycles. The first-order valence-electron chi connectivity index (χ1n) is 10.1. The predicted molar refractivity (Wildman–Crippen MR) is 109 cm³/mol. The fourth-order valence-corrected chi connectivity index (χ4v) is 4.95. The van der Waals surface area contributed by atoms with Gasteiger partial charge < -0.3 is 14.6 Å². The second-order valence-electron chi connectivity index (χ2n) is 8.34. The van der Waals surface area contributed by atoms with E-state index in [2.05, 4.69) is 10.00 Å². The molecule has 2 saturated heterocycles. The number of piperidine rings is 1. The summed E-state index contributed by atoms with van der Waals surface area (Å²) < 4.78 is 12.3. The molecule has 2 aliphatic heterocycles. The Kier molecular flexibility index (Phi) is 5.36. The van der Waals surface area contributed by atoms with Crippen molar-refractivity contribution in [2.75, 3.05) is 14.2 Å². The third-order valence-corrected chi connectivity index (χ3v) is 6.29. The lowest BCUT2D eigenvalue weighted by molar-refractivity contribution is -0.0679. The number of rotatable bonds is 6. The first kappa shape index (κ1) is 19.9. The average molecular weight is 399 g/mol. The van der Waals surface area contributed by atoms with Crippen LogP contribution in [-0.2, 0) is 13.1 Å². The van der Waals surface area contributed by atoms with E-state index in [9.17, 15) is 9.90 Å². The minimum Gasteiger partial charge on any atom is -0.497 e. The lowest BCUT2D eigenvalue weighted by Gasteiger charge is -2.44. The summed E-state index contributed by atoms with van der Waals surface area (Å²) in [6, 6.07) is 9.63. The van der Waals surface area contributed by atoms with E-state index in [4.69, 9.17) is 9.47 Å². The Hall–Kier alpha value is -2.38. The highest BCUT2D eigenvalue weighted by molar-refractivity contribution is 5.40. The molecule has 3 heterocycles. The van der Waals surface area contributed by atoms with Crippen molar-refractivity contribution >= 4 is 0 Å². The van der Waals surface area contributed by atoms with Crippen molar-refractivity contribution in [3.8, 4) is 11.5 Å². The van der Waals surface area contributed by atoms with E-state index < -0.39 is 5.60 Å². The van der Waals surface area contributed by atoms with E-state index in [1.807, 2.05) is 25.1 Å². The minimum absolute atomic E-state index is 0.167. The van der Waals surface area contributed by atoms with E-state index in [-0.39, 0.29) is 24.2 Å². The van der Waals surface area contributed by atoms with Crippen LogP contribution in [0.2, 0.25) is 0 Å². The van der Waals surface area contributed by atoms with E-state index in [1.54, 1.807) is 20.3 Å². The summed E-state index contributed by atoms with van der Waals surface area (Å²) in [4.78, 5) is 14.6. The van der Waals surface area contributed by atoms with Crippen LogP contribution in [0.5, 0.6) is 11.5 Å². The van der Waals surface area contributed by atoms with Crippen molar-refractivity contribution in [1.29, 1.82) is 0 Å². The fraction of sp³-hybridized carbons (Fsp3) is 0.545. The molecule has 7 nitrogen and oxygen atoms in total. The van der Waals surface area contributed by atoms with Gasteiger partial charge in [-0.3, -0.25) is 9.69 Å². The monoisotopic (exact) mass is 399 g/mol. The zero-order valence-corrected chi connectivity index (χ0v) is 17.3. The van der Waals surface area contributed by atoms with E-state index >= 15 is 0 Å². The number of aliphatic hydroxyl groups is 1. The fourth-order valence-electron chi connectivity index (χ4n) is 4.95. The van der Waals surface area contributed by atoms with E-state index in [0.29, 0.717) is 12.8 Å². The van der Waals surface area contributed by atoms with Gasteiger partial charge in [0.05, 0.1) is 32.1 Å². The van der Waals surface area contributed by atoms with Gasteiger partial charge in [-0.1, -0.05) is 0 Å². The zero-order chi connectivity index (χ0) is 20.6. The lowest BCUT2D eigenvalue weighted by atomic mass is 9.85. The molecule has 0 spiro atoms. The van der Waals surface area contributed by atoms with Gasteiger partial charge >= 0.3 is 0 Å². The molecule has 2 atom stereocenters. The summed E-state index contributed by atoms with van der Waals surface area (Å²) >= 11 is 0. The highest BCUT2D eigenvalue weighted by Gasteiger charge is 2.47. The molecule has 2 aliphatic rings. The summed E-state index contributed by atoms with van der Waals surface area (Å²) in [5, 5.41) is 15.6. The van der Waals surface area contributed by atoms with Crippen LogP contribution in [0.4, 0.5) is 0 Å². The molecular weight excluding hydrogens is 370 g/mol. The third-order valence-electron chi connectivity index (χ3n) is 6.29. The van der Waals surface area contributed by atoms with Gasteiger partial charge in [0, 0.05) is 30.3 Å². The van der Waals surface area contributed by atoms with Crippen molar-refractivity contribution in [1.82, 2.24) is 14.7 Å². The van der Waals surface area contributed by atoms with Crippen LogP contribution < -0.4 is 15.0 Å². The maximum absolute atomic E-state index is 12.2. The van der Waals surface area contributed by atoms with Gasteiger partial charge in [-0.15, -0.1) is 0 Å². The van der Waals surface area contributed by atoms with Crippen LogP contribution in [0.25, 0.3) is 0 Å². The van der Waals surface area contributed by atoms with Crippen LogP contribution in [0, 0.1) is 6.92 Å². The lowest BCUT2D eigenvalue weighted by Crippen LogP contribution is -2.53. The highest BCUT2D eigenvalue weighted by Crippen LogP contribution is 2.43. The molecule has 156 valence electrons. The molecule has 4 rings (SSSR count). The molecule has 2 aromatic rings. The van der Waals surface area contributed by atoms with Crippen LogP contribution >= 0.6 is 0 Å². The number of methoxy groups -OCH3 is 2. The molecule has 29 heavy (non-hydrogen) atoms. The Morgan fingerprint density at radius 2 is 1.86 bits per heavy atom. The van der Waals surface area contributed by atoms with Crippen LogP contribution in [-0.4, -0.2) is 51.7 Å².